The van der Waals surface area contributed by atoms with Crippen LogP contribution >= 0.6 is 0 Å². The van der Waals surface area contributed by atoms with Gasteiger partial charge in [0, 0.05) is 5.56 Å². The molecule has 0 radical (unpaired) electrons. The standard InChI is InChI=1S/C9H9NO3/c10-8(5-11)6-3-1-2-4-7(6)9(12)13/h1-5,11H,10H2,(H,12,13)/b8-5-. The van der Waals surface area contributed by atoms with E-state index in [1.165, 1.54) is 12.1 Å². The second kappa shape index (κ2) is 3.62. The van der Waals surface area contributed by atoms with Gasteiger partial charge in [0.2, 0.25) is 0 Å². The molecule has 0 saturated heterocycles. The molecule has 0 aliphatic heterocycles. The summed E-state index contributed by atoms with van der Waals surface area (Å²) in [5.41, 5.74) is 5.81. The van der Waals surface area contributed by atoms with Crippen LogP contribution in [0.4, 0.5) is 0 Å². The van der Waals surface area contributed by atoms with Crippen LogP contribution in [0.1, 0.15) is 15.9 Å². The van der Waals surface area contributed by atoms with Gasteiger partial charge in [-0.15, -0.1) is 0 Å². The van der Waals surface area contributed by atoms with Gasteiger partial charge in [-0.05, 0) is 6.07 Å². The number of nitrogens with two attached hydrogens (primary N) is 1. The molecule has 0 bridgehead atoms. The molecule has 1 aromatic carbocycles. The van der Waals surface area contributed by atoms with Crippen LogP contribution in [0.3, 0.4) is 0 Å². The highest BCUT2D eigenvalue weighted by molar-refractivity contribution is 5.93. The molecule has 1 aromatic rings. The molecule has 0 aliphatic carbocycles. The molecule has 0 fully saturated rings. The first-order valence-corrected chi connectivity index (χ1v) is 3.59. The van der Waals surface area contributed by atoms with Crippen molar-refractivity contribution in [3.8, 4) is 0 Å². The van der Waals surface area contributed by atoms with Crippen molar-refractivity contribution in [2.75, 3.05) is 0 Å². The Hall–Kier alpha value is -1.97. The van der Waals surface area contributed by atoms with Crippen molar-refractivity contribution >= 4 is 11.7 Å². The molecule has 0 heterocycles. The van der Waals surface area contributed by atoms with E-state index in [9.17, 15) is 4.79 Å². The van der Waals surface area contributed by atoms with Crippen LogP contribution in [0.25, 0.3) is 5.70 Å². The summed E-state index contributed by atoms with van der Waals surface area (Å²) < 4.78 is 0. The van der Waals surface area contributed by atoms with E-state index in [1.54, 1.807) is 12.1 Å². The molecule has 1 rings (SSSR count). The zero-order valence-electron chi connectivity index (χ0n) is 6.77. The van der Waals surface area contributed by atoms with Crippen molar-refractivity contribution in [1.82, 2.24) is 0 Å². The number of carboxylic acids is 1. The predicted molar refractivity (Wildman–Crippen MR) is 48.2 cm³/mol. The van der Waals surface area contributed by atoms with Gasteiger partial charge in [0.1, 0.15) is 6.26 Å². The lowest BCUT2D eigenvalue weighted by atomic mass is 10.1. The number of carbonyl (C=O) groups is 1. The van der Waals surface area contributed by atoms with Crippen LogP contribution in [0.5, 0.6) is 0 Å². The summed E-state index contributed by atoms with van der Waals surface area (Å²) in [6, 6.07) is 6.20. The molecule has 0 atom stereocenters. The van der Waals surface area contributed by atoms with Gasteiger partial charge >= 0.3 is 5.97 Å². The van der Waals surface area contributed by atoms with Gasteiger partial charge in [0.25, 0.3) is 0 Å². The third-order valence-electron chi connectivity index (χ3n) is 1.61. The predicted octanol–water partition coefficient (Wildman–Crippen LogP) is 1.20. The molecule has 0 saturated carbocycles. The van der Waals surface area contributed by atoms with Crippen LogP contribution in [0.2, 0.25) is 0 Å². The number of rotatable bonds is 2. The Bertz CT molecular complexity index is 358. The molecular formula is C9H9NO3. The summed E-state index contributed by atoms with van der Waals surface area (Å²) >= 11 is 0. The summed E-state index contributed by atoms with van der Waals surface area (Å²) in [4.78, 5) is 10.7. The van der Waals surface area contributed by atoms with E-state index < -0.39 is 5.97 Å². The minimum absolute atomic E-state index is 0.0398. The summed E-state index contributed by atoms with van der Waals surface area (Å²) in [7, 11) is 0. The Labute approximate surface area is 74.9 Å². The highest BCUT2D eigenvalue weighted by Gasteiger charge is 2.10. The molecule has 0 amide bonds. The average molecular weight is 179 g/mol. The first kappa shape index (κ1) is 9.12. The average Bonchev–Trinajstić information content (AvgIpc) is 2.16. The van der Waals surface area contributed by atoms with E-state index in [1.807, 2.05) is 0 Å². The zero-order valence-corrected chi connectivity index (χ0v) is 6.77. The summed E-state index contributed by atoms with van der Waals surface area (Å²) in [6.07, 6.45) is 0.682. The van der Waals surface area contributed by atoms with Gasteiger partial charge in [0.15, 0.2) is 0 Å². The van der Waals surface area contributed by atoms with Gasteiger partial charge in [0.05, 0.1) is 11.3 Å². The molecule has 13 heavy (non-hydrogen) atoms. The van der Waals surface area contributed by atoms with E-state index >= 15 is 0 Å². The number of aliphatic hydroxyl groups excluding tert-OH is 1. The number of carboxylic acid groups (broad SMARTS) is 1. The van der Waals surface area contributed by atoms with Crippen molar-refractivity contribution < 1.29 is 15.0 Å². The van der Waals surface area contributed by atoms with E-state index in [0.717, 1.165) is 0 Å². The fourth-order valence-electron chi connectivity index (χ4n) is 0.991. The molecule has 4 nitrogen and oxygen atoms in total. The van der Waals surface area contributed by atoms with E-state index in [4.69, 9.17) is 15.9 Å². The lowest BCUT2D eigenvalue weighted by Gasteiger charge is -2.03. The maximum Gasteiger partial charge on any atom is 0.336 e. The maximum atomic E-state index is 10.7. The number of hydrogen-bond acceptors (Lipinski definition) is 3. The van der Waals surface area contributed by atoms with E-state index in [-0.39, 0.29) is 11.3 Å². The fraction of sp³-hybridized carbons (Fsp3) is 0. The normalized spacial score (nSPS) is 11.2. The van der Waals surface area contributed by atoms with E-state index in [2.05, 4.69) is 0 Å². The quantitative estimate of drug-likeness (QED) is 0.595. The van der Waals surface area contributed by atoms with Crippen molar-refractivity contribution in [2.24, 2.45) is 5.73 Å². The third-order valence-corrected chi connectivity index (χ3v) is 1.61. The molecule has 4 heteroatoms. The minimum Gasteiger partial charge on any atom is -0.513 e. The molecular weight excluding hydrogens is 170 g/mol. The first-order chi connectivity index (χ1) is 6.16. The van der Waals surface area contributed by atoms with Crippen LogP contribution in [0, 0.1) is 0 Å². The molecule has 0 unspecified atom stereocenters. The molecule has 68 valence electrons. The number of aromatic carboxylic acids is 1. The van der Waals surface area contributed by atoms with Crippen LogP contribution in [-0.2, 0) is 0 Å². The first-order valence-electron chi connectivity index (χ1n) is 3.59. The number of hydrogen-bond donors (Lipinski definition) is 3. The van der Waals surface area contributed by atoms with Crippen LogP contribution in [-0.4, -0.2) is 16.2 Å². The van der Waals surface area contributed by atoms with Crippen LogP contribution < -0.4 is 5.73 Å². The lowest BCUT2D eigenvalue weighted by Crippen LogP contribution is -2.05. The number of aliphatic hydroxyl groups is 1. The van der Waals surface area contributed by atoms with Gasteiger partial charge in [-0.2, -0.15) is 0 Å². The Kier molecular flexibility index (Phi) is 2.54. The van der Waals surface area contributed by atoms with Gasteiger partial charge in [-0.3, -0.25) is 0 Å². The van der Waals surface area contributed by atoms with Gasteiger partial charge in [-0.1, -0.05) is 18.2 Å². The second-order valence-electron chi connectivity index (χ2n) is 2.44. The van der Waals surface area contributed by atoms with Gasteiger partial charge in [-0.25, -0.2) is 4.79 Å². The third kappa shape index (κ3) is 1.79. The van der Waals surface area contributed by atoms with Crippen LogP contribution in [0.15, 0.2) is 30.5 Å². The molecule has 0 aromatic heterocycles. The topological polar surface area (TPSA) is 83.5 Å². The Morgan fingerprint density at radius 1 is 1.31 bits per heavy atom. The Morgan fingerprint density at radius 3 is 2.31 bits per heavy atom. The minimum atomic E-state index is -1.07. The second-order valence-corrected chi connectivity index (χ2v) is 2.44. The monoisotopic (exact) mass is 179 g/mol. The Morgan fingerprint density at radius 2 is 1.85 bits per heavy atom. The van der Waals surface area contributed by atoms with Crippen molar-refractivity contribution in [3.63, 3.8) is 0 Å². The SMILES string of the molecule is N/C(=C\O)c1ccccc1C(=O)O. The summed E-state index contributed by atoms with van der Waals surface area (Å²) in [6.45, 7) is 0. The van der Waals surface area contributed by atoms with Crippen molar-refractivity contribution in [3.05, 3.63) is 41.7 Å². The molecule has 4 N–H and O–H groups in total. The van der Waals surface area contributed by atoms with Gasteiger partial charge < -0.3 is 15.9 Å². The smallest absolute Gasteiger partial charge is 0.336 e. The highest BCUT2D eigenvalue weighted by atomic mass is 16.4. The van der Waals surface area contributed by atoms with Crippen molar-refractivity contribution in [2.45, 2.75) is 0 Å². The maximum absolute atomic E-state index is 10.7. The Balaban J connectivity index is 3.28. The molecule has 0 aliphatic rings. The highest BCUT2D eigenvalue weighted by Crippen LogP contribution is 2.14. The van der Waals surface area contributed by atoms with E-state index in [0.29, 0.717) is 11.8 Å². The summed E-state index contributed by atoms with van der Waals surface area (Å²) in [5.74, 6) is -1.07. The molecule has 0 spiro atoms. The fourth-order valence-corrected chi connectivity index (χ4v) is 0.991. The summed E-state index contributed by atoms with van der Waals surface area (Å²) in [5, 5.41) is 17.4. The largest absolute Gasteiger partial charge is 0.513 e. The number of benzene rings is 1. The lowest BCUT2D eigenvalue weighted by molar-refractivity contribution is 0.0696. The van der Waals surface area contributed by atoms with Crippen molar-refractivity contribution in [1.29, 1.82) is 0 Å². The zero-order chi connectivity index (χ0) is 9.84.